The fourth-order valence-electron chi connectivity index (χ4n) is 2.95. The summed E-state index contributed by atoms with van der Waals surface area (Å²) in [5.74, 6) is 2.33. The zero-order chi connectivity index (χ0) is 21.5. The third-order valence-electron chi connectivity index (χ3n) is 4.40. The van der Waals surface area contributed by atoms with Gasteiger partial charge >= 0.3 is 0 Å². The number of ether oxygens (including phenoxy) is 1. The molecule has 0 saturated carbocycles. The summed E-state index contributed by atoms with van der Waals surface area (Å²) in [6.45, 7) is 2.72. The maximum atomic E-state index is 12.4. The molecule has 2 heterocycles. The number of aromatic nitrogens is 4. The Hall–Kier alpha value is -3.65. The van der Waals surface area contributed by atoms with Crippen molar-refractivity contribution in [2.45, 2.75) is 18.6 Å². The molecular weight excluding hydrogens is 410 g/mol. The molecule has 2 aromatic heterocycles. The molecule has 4 rings (SSSR count). The van der Waals surface area contributed by atoms with Crippen LogP contribution in [0.1, 0.15) is 6.92 Å². The zero-order valence-corrected chi connectivity index (χ0v) is 17.7. The number of carbonyl (C=O) groups excluding carboxylic acids is 1. The number of benzene rings is 2. The van der Waals surface area contributed by atoms with Crippen LogP contribution in [0.25, 0.3) is 11.4 Å². The lowest BCUT2D eigenvalue weighted by Crippen LogP contribution is -2.14. The van der Waals surface area contributed by atoms with Crippen molar-refractivity contribution in [3.8, 4) is 22.9 Å². The summed E-state index contributed by atoms with van der Waals surface area (Å²) < 4.78 is 7.75. The molecule has 0 saturated heterocycles. The number of amides is 1. The van der Waals surface area contributed by atoms with E-state index >= 15 is 0 Å². The second-order valence-electron chi connectivity index (χ2n) is 6.57. The fraction of sp³-hybridized carbons (Fsp3) is 0.130. The van der Waals surface area contributed by atoms with E-state index in [1.807, 2.05) is 78.2 Å². The third-order valence-corrected chi connectivity index (χ3v) is 5.37. The molecule has 156 valence electrons. The first-order chi connectivity index (χ1) is 15.2. The van der Waals surface area contributed by atoms with Gasteiger partial charge in [-0.05, 0) is 55.5 Å². The second-order valence-corrected chi connectivity index (χ2v) is 7.51. The van der Waals surface area contributed by atoms with E-state index < -0.39 is 0 Å². The largest absolute Gasteiger partial charge is 0.457 e. The Morgan fingerprint density at radius 1 is 1.00 bits per heavy atom. The minimum atomic E-state index is -0.115. The van der Waals surface area contributed by atoms with Crippen LogP contribution in [0.3, 0.4) is 0 Å². The van der Waals surface area contributed by atoms with Crippen LogP contribution >= 0.6 is 11.8 Å². The van der Waals surface area contributed by atoms with E-state index in [4.69, 9.17) is 4.74 Å². The molecule has 7 nitrogen and oxygen atoms in total. The van der Waals surface area contributed by atoms with Crippen LogP contribution in [0.4, 0.5) is 5.69 Å². The number of nitrogens with one attached hydrogen (secondary N) is 1. The van der Waals surface area contributed by atoms with E-state index in [2.05, 4.69) is 20.5 Å². The first-order valence-corrected chi connectivity index (χ1v) is 10.8. The Kier molecular flexibility index (Phi) is 6.59. The average Bonchev–Trinajstić information content (AvgIpc) is 3.23. The molecule has 0 bridgehead atoms. The van der Waals surface area contributed by atoms with E-state index in [0.29, 0.717) is 23.1 Å². The summed E-state index contributed by atoms with van der Waals surface area (Å²) in [5.41, 5.74) is 1.60. The van der Waals surface area contributed by atoms with E-state index in [0.717, 1.165) is 17.1 Å². The van der Waals surface area contributed by atoms with Crippen molar-refractivity contribution in [3.05, 3.63) is 79.1 Å². The lowest BCUT2D eigenvalue weighted by Gasteiger charge is -2.09. The topological polar surface area (TPSA) is 81.9 Å². The quantitative estimate of drug-likeness (QED) is 0.400. The number of anilines is 1. The van der Waals surface area contributed by atoms with E-state index in [1.165, 1.54) is 11.8 Å². The van der Waals surface area contributed by atoms with Gasteiger partial charge in [0.2, 0.25) is 5.91 Å². The van der Waals surface area contributed by atoms with Gasteiger partial charge in [-0.3, -0.25) is 9.78 Å². The standard InChI is InChI=1S/C23H21N5O2S/c1-2-28-22(17-7-6-14-24-15-17)26-27-23(28)31-16-21(29)25-18-10-12-20(13-11-18)30-19-8-4-3-5-9-19/h3-15H,2,16H2,1H3,(H,25,29). The second kappa shape index (κ2) is 9.90. The summed E-state index contributed by atoms with van der Waals surface area (Å²) in [4.78, 5) is 16.5. The van der Waals surface area contributed by atoms with Crippen molar-refractivity contribution < 1.29 is 9.53 Å². The molecule has 0 spiro atoms. The predicted molar refractivity (Wildman–Crippen MR) is 121 cm³/mol. The number of rotatable bonds is 8. The van der Waals surface area contributed by atoms with Gasteiger partial charge in [-0.25, -0.2) is 0 Å². The predicted octanol–water partition coefficient (Wildman–Crippen LogP) is 4.88. The summed E-state index contributed by atoms with van der Waals surface area (Å²) in [6, 6.07) is 20.6. The van der Waals surface area contributed by atoms with E-state index in [9.17, 15) is 4.79 Å². The summed E-state index contributed by atoms with van der Waals surface area (Å²) in [7, 11) is 0. The van der Waals surface area contributed by atoms with Crippen molar-refractivity contribution in [2.75, 3.05) is 11.1 Å². The normalized spacial score (nSPS) is 10.6. The van der Waals surface area contributed by atoms with E-state index in [-0.39, 0.29) is 11.7 Å². The highest BCUT2D eigenvalue weighted by atomic mass is 32.2. The Morgan fingerprint density at radius 3 is 2.48 bits per heavy atom. The van der Waals surface area contributed by atoms with Crippen LogP contribution in [-0.4, -0.2) is 31.4 Å². The van der Waals surface area contributed by atoms with Gasteiger partial charge < -0.3 is 14.6 Å². The highest BCUT2D eigenvalue weighted by Gasteiger charge is 2.14. The first kappa shape index (κ1) is 20.6. The van der Waals surface area contributed by atoms with Crippen molar-refractivity contribution in [1.82, 2.24) is 19.7 Å². The number of hydrogen-bond acceptors (Lipinski definition) is 6. The van der Waals surface area contributed by atoms with Gasteiger partial charge in [0.15, 0.2) is 11.0 Å². The molecule has 0 unspecified atom stereocenters. The summed E-state index contributed by atoms with van der Waals surface area (Å²) in [5, 5.41) is 12.1. The molecule has 31 heavy (non-hydrogen) atoms. The van der Waals surface area contributed by atoms with E-state index in [1.54, 1.807) is 12.4 Å². The summed E-state index contributed by atoms with van der Waals surface area (Å²) in [6.07, 6.45) is 3.47. The smallest absolute Gasteiger partial charge is 0.234 e. The van der Waals surface area contributed by atoms with Crippen LogP contribution < -0.4 is 10.1 Å². The monoisotopic (exact) mass is 431 g/mol. The average molecular weight is 432 g/mol. The van der Waals surface area contributed by atoms with Gasteiger partial charge in [0.25, 0.3) is 0 Å². The first-order valence-electron chi connectivity index (χ1n) is 9.82. The molecule has 0 aliphatic carbocycles. The Labute approximate surface area is 184 Å². The van der Waals surface area contributed by atoms with Crippen molar-refractivity contribution in [3.63, 3.8) is 0 Å². The highest BCUT2D eigenvalue weighted by Crippen LogP contribution is 2.25. The van der Waals surface area contributed by atoms with Gasteiger partial charge in [-0.2, -0.15) is 0 Å². The molecule has 0 fully saturated rings. The number of nitrogens with zero attached hydrogens (tertiary/aromatic N) is 4. The molecular formula is C23H21N5O2S. The number of pyridine rings is 1. The maximum absolute atomic E-state index is 12.4. The Balaban J connectivity index is 1.34. The minimum Gasteiger partial charge on any atom is -0.457 e. The van der Waals surface area contributed by atoms with Gasteiger partial charge in [0.05, 0.1) is 5.75 Å². The zero-order valence-electron chi connectivity index (χ0n) is 16.9. The SMILES string of the molecule is CCn1c(SCC(=O)Nc2ccc(Oc3ccccc3)cc2)nnc1-c1cccnc1. The van der Waals surface area contributed by atoms with Gasteiger partial charge in [0, 0.05) is 30.2 Å². The van der Waals surface area contributed by atoms with Crippen LogP contribution in [-0.2, 0) is 11.3 Å². The number of carbonyl (C=O) groups is 1. The lowest BCUT2D eigenvalue weighted by molar-refractivity contribution is -0.113. The molecule has 8 heteroatoms. The lowest BCUT2D eigenvalue weighted by atomic mass is 10.3. The molecule has 1 N–H and O–H groups in total. The molecule has 2 aromatic carbocycles. The molecule has 0 aliphatic heterocycles. The molecule has 0 aliphatic rings. The third kappa shape index (κ3) is 5.29. The molecule has 4 aromatic rings. The minimum absolute atomic E-state index is 0.115. The Bertz CT molecular complexity index is 1130. The maximum Gasteiger partial charge on any atom is 0.234 e. The van der Waals surface area contributed by atoms with Crippen LogP contribution in [0, 0.1) is 0 Å². The van der Waals surface area contributed by atoms with Crippen LogP contribution in [0.5, 0.6) is 11.5 Å². The number of para-hydroxylation sites is 1. The highest BCUT2D eigenvalue weighted by molar-refractivity contribution is 7.99. The number of thioether (sulfide) groups is 1. The summed E-state index contributed by atoms with van der Waals surface area (Å²) >= 11 is 1.35. The van der Waals surface area contributed by atoms with Crippen LogP contribution in [0.2, 0.25) is 0 Å². The van der Waals surface area contributed by atoms with Gasteiger partial charge in [0.1, 0.15) is 11.5 Å². The van der Waals surface area contributed by atoms with Gasteiger partial charge in [-0.15, -0.1) is 10.2 Å². The van der Waals surface area contributed by atoms with Crippen molar-refractivity contribution in [1.29, 1.82) is 0 Å². The molecule has 0 atom stereocenters. The fourth-order valence-corrected chi connectivity index (χ4v) is 3.75. The van der Waals surface area contributed by atoms with Crippen molar-refractivity contribution in [2.24, 2.45) is 0 Å². The van der Waals surface area contributed by atoms with Crippen LogP contribution in [0.15, 0.2) is 84.3 Å². The molecule has 0 radical (unpaired) electrons. The van der Waals surface area contributed by atoms with Crippen molar-refractivity contribution >= 4 is 23.4 Å². The van der Waals surface area contributed by atoms with Gasteiger partial charge in [-0.1, -0.05) is 30.0 Å². The molecule has 1 amide bonds. The number of hydrogen-bond donors (Lipinski definition) is 1. The Morgan fingerprint density at radius 2 is 1.77 bits per heavy atom.